The summed E-state index contributed by atoms with van der Waals surface area (Å²) in [5, 5.41) is 11.8. The number of thioether (sulfide) groups is 1. The van der Waals surface area contributed by atoms with Crippen molar-refractivity contribution in [2.45, 2.75) is 24.3 Å². The Morgan fingerprint density at radius 2 is 2.00 bits per heavy atom. The Hall–Kier alpha value is -2.93. The number of amides is 2. The van der Waals surface area contributed by atoms with Crippen molar-refractivity contribution < 1.29 is 27.5 Å². The molecule has 2 amide bonds. The zero-order valence-electron chi connectivity index (χ0n) is 15.9. The van der Waals surface area contributed by atoms with Crippen LogP contribution < -0.4 is 16.5 Å². The Balaban J connectivity index is 1.96. The molecular weight excluding hydrogens is 461 g/mol. The number of nitrogens with two attached hydrogens (primary N) is 1. The van der Waals surface area contributed by atoms with Crippen molar-refractivity contribution in [3.05, 3.63) is 51.9 Å². The fraction of sp³-hybridized carbons (Fsp3) is 0.294. The van der Waals surface area contributed by atoms with Crippen LogP contribution in [0.15, 0.2) is 40.7 Å². The van der Waals surface area contributed by atoms with Gasteiger partial charge in [-0.15, -0.1) is 10.2 Å². The number of nitrogen functional groups attached to an aromatic ring is 1. The van der Waals surface area contributed by atoms with Gasteiger partial charge in [0.2, 0.25) is 5.16 Å². The lowest BCUT2D eigenvalue weighted by atomic mass is 9.95. The van der Waals surface area contributed by atoms with Gasteiger partial charge < -0.3 is 21.2 Å². The van der Waals surface area contributed by atoms with Crippen molar-refractivity contribution in [1.29, 1.82) is 0 Å². The van der Waals surface area contributed by atoms with E-state index in [2.05, 4.69) is 20.8 Å². The third-order valence-electron chi connectivity index (χ3n) is 4.12. The van der Waals surface area contributed by atoms with Gasteiger partial charge in [0.25, 0.3) is 5.82 Å². The first-order valence-electron chi connectivity index (χ1n) is 8.75. The molecule has 0 fully saturated rings. The normalized spacial score (nSPS) is 16.7. The maximum absolute atomic E-state index is 12.9. The lowest BCUT2D eigenvalue weighted by Crippen LogP contribution is -2.46. The molecule has 0 aliphatic carbocycles. The number of benzene rings is 1. The molecular formula is C17H16ClF3N6O3S. The third kappa shape index (κ3) is 5.05. The minimum Gasteiger partial charge on any atom is -0.463 e. The van der Waals surface area contributed by atoms with Crippen LogP contribution in [0, 0.1) is 0 Å². The number of nitrogens with zero attached hydrogens (tertiary/aromatic N) is 3. The molecule has 14 heteroatoms. The fourth-order valence-electron chi connectivity index (χ4n) is 2.79. The number of ether oxygens (including phenoxy) is 1. The molecule has 0 radical (unpaired) electrons. The number of carbonyl (C=O) groups is 2. The second-order valence-corrected chi connectivity index (χ2v) is 7.54. The molecule has 3 rings (SSSR count). The van der Waals surface area contributed by atoms with Gasteiger partial charge in [-0.1, -0.05) is 35.5 Å². The number of carbonyl (C=O) groups excluding carboxylic acids is 2. The van der Waals surface area contributed by atoms with Crippen LogP contribution in [0.1, 0.15) is 24.4 Å². The topological polar surface area (TPSA) is 124 Å². The van der Waals surface area contributed by atoms with Crippen LogP contribution in [0.4, 0.5) is 18.0 Å². The quantitative estimate of drug-likeness (QED) is 0.332. The van der Waals surface area contributed by atoms with Crippen molar-refractivity contribution >= 4 is 35.4 Å². The molecule has 166 valence electrons. The predicted molar refractivity (Wildman–Crippen MR) is 105 cm³/mol. The molecule has 9 nitrogen and oxygen atoms in total. The molecule has 0 saturated carbocycles. The SMILES string of the molecule is CCOC(=O)C1=C(CSc2nnc(C(F)(F)F)n2N)NC(=O)NC1c1ccc(Cl)cc1. The number of urea groups is 1. The molecule has 0 spiro atoms. The molecule has 31 heavy (non-hydrogen) atoms. The molecule has 2 aromatic rings. The first-order chi connectivity index (χ1) is 14.6. The Kier molecular flexibility index (Phi) is 6.65. The van der Waals surface area contributed by atoms with Gasteiger partial charge >= 0.3 is 18.2 Å². The van der Waals surface area contributed by atoms with E-state index < -0.39 is 30.0 Å². The standard InChI is InChI=1S/C17H16ClF3N6O3S/c1-2-30-13(28)11-10(7-31-16-26-25-14(27(16)22)17(19,20)21)23-15(29)24-12(11)8-3-5-9(18)6-4-8/h3-6,12H,2,7,22H2,1H3,(H2,23,24,29). The molecule has 1 aromatic heterocycles. The maximum atomic E-state index is 12.9. The Morgan fingerprint density at radius 1 is 1.32 bits per heavy atom. The van der Waals surface area contributed by atoms with Gasteiger partial charge in [0.05, 0.1) is 18.2 Å². The minimum atomic E-state index is -4.78. The summed E-state index contributed by atoms with van der Waals surface area (Å²) in [4.78, 5) is 24.9. The summed E-state index contributed by atoms with van der Waals surface area (Å²) in [5.74, 6) is 3.24. The van der Waals surface area contributed by atoms with Crippen LogP contribution in [0.5, 0.6) is 0 Å². The van der Waals surface area contributed by atoms with Crippen LogP contribution in [-0.2, 0) is 15.7 Å². The molecule has 2 heterocycles. The second-order valence-electron chi connectivity index (χ2n) is 6.16. The van der Waals surface area contributed by atoms with E-state index in [1.54, 1.807) is 31.2 Å². The van der Waals surface area contributed by atoms with Crippen LogP contribution >= 0.6 is 23.4 Å². The van der Waals surface area contributed by atoms with Crippen molar-refractivity contribution in [3.63, 3.8) is 0 Å². The van der Waals surface area contributed by atoms with E-state index in [4.69, 9.17) is 22.2 Å². The van der Waals surface area contributed by atoms with Crippen molar-refractivity contribution in [2.75, 3.05) is 18.2 Å². The maximum Gasteiger partial charge on any atom is 0.453 e. The summed E-state index contributed by atoms with van der Waals surface area (Å²) in [6, 6.07) is 5.00. The summed E-state index contributed by atoms with van der Waals surface area (Å²) in [7, 11) is 0. The van der Waals surface area contributed by atoms with E-state index in [9.17, 15) is 22.8 Å². The number of hydrogen-bond acceptors (Lipinski definition) is 7. The number of hydrogen-bond donors (Lipinski definition) is 3. The van der Waals surface area contributed by atoms with Crippen molar-refractivity contribution in [1.82, 2.24) is 25.5 Å². The average Bonchev–Trinajstić information content (AvgIpc) is 3.07. The molecule has 1 aliphatic rings. The highest BCUT2D eigenvalue weighted by atomic mass is 35.5. The highest BCUT2D eigenvalue weighted by Gasteiger charge is 2.39. The number of alkyl halides is 3. The predicted octanol–water partition coefficient (Wildman–Crippen LogP) is 2.63. The molecule has 0 bridgehead atoms. The minimum absolute atomic E-state index is 0.0795. The lowest BCUT2D eigenvalue weighted by Gasteiger charge is -2.29. The van der Waals surface area contributed by atoms with Gasteiger partial charge in [-0.25, -0.2) is 14.3 Å². The Morgan fingerprint density at radius 3 is 2.58 bits per heavy atom. The average molecular weight is 477 g/mol. The summed E-state index contributed by atoms with van der Waals surface area (Å²) in [6.45, 7) is 1.70. The van der Waals surface area contributed by atoms with E-state index in [0.717, 1.165) is 11.8 Å². The third-order valence-corrected chi connectivity index (χ3v) is 5.34. The molecule has 1 aromatic carbocycles. The van der Waals surface area contributed by atoms with Gasteiger partial charge in [0, 0.05) is 16.5 Å². The summed E-state index contributed by atoms with van der Waals surface area (Å²) in [6.07, 6.45) is -4.78. The van der Waals surface area contributed by atoms with Gasteiger partial charge in [0.1, 0.15) is 0 Å². The van der Waals surface area contributed by atoms with E-state index in [1.165, 1.54) is 0 Å². The fourth-order valence-corrected chi connectivity index (χ4v) is 3.74. The summed E-state index contributed by atoms with van der Waals surface area (Å²) < 4.78 is 44.0. The zero-order chi connectivity index (χ0) is 22.8. The molecule has 1 atom stereocenters. The summed E-state index contributed by atoms with van der Waals surface area (Å²) >= 11 is 6.68. The summed E-state index contributed by atoms with van der Waals surface area (Å²) in [5.41, 5.74) is 0.797. The molecule has 0 saturated heterocycles. The lowest BCUT2D eigenvalue weighted by molar-refractivity contribution is -0.146. The van der Waals surface area contributed by atoms with E-state index >= 15 is 0 Å². The van der Waals surface area contributed by atoms with Crippen molar-refractivity contribution in [2.24, 2.45) is 0 Å². The number of halogens is 4. The monoisotopic (exact) mass is 476 g/mol. The smallest absolute Gasteiger partial charge is 0.453 e. The highest BCUT2D eigenvalue weighted by Crippen LogP contribution is 2.32. The van der Waals surface area contributed by atoms with Gasteiger partial charge in [-0.2, -0.15) is 13.2 Å². The van der Waals surface area contributed by atoms with Crippen LogP contribution in [0.3, 0.4) is 0 Å². The van der Waals surface area contributed by atoms with E-state index in [-0.39, 0.29) is 28.8 Å². The molecule has 1 unspecified atom stereocenters. The van der Waals surface area contributed by atoms with Gasteiger partial charge in [-0.05, 0) is 24.6 Å². The molecule has 4 N–H and O–H groups in total. The molecule has 1 aliphatic heterocycles. The highest BCUT2D eigenvalue weighted by molar-refractivity contribution is 7.99. The van der Waals surface area contributed by atoms with E-state index in [1.807, 2.05) is 0 Å². The van der Waals surface area contributed by atoms with Crippen LogP contribution in [0.2, 0.25) is 5.02 Å². The number of rotatable bonds is 6. The first-order valence-corrected chi connectivity index (χ1v) is 10.1. The Labute approximate surface area is 183 Å². The first kappa shape index (κ1) is 22.7. The zero-order valence-corrected chi connectivity index (χ0v) is 17.4. The van der Waals surface area contributed by atoms with Crippen LogP contribution in [0.25, 0.3) is 0 Å². The Bertz CT molecular complexity index is 1030. The number of esters is 1. The van der Waals surface area contributed by atoms with Gasteiger partial charge in [0.15, 0.2) is 0 Å². The van der Waals surface area contributed by atoms with Crippen molar-refractivity contribution in [3.8, 4) is 0 Å². The number of nitrogens with one attached hydrogen (secondary N) is 2. The van der Waals surface area contributed by atoms with Gasteiger partial charge in [-0.3, -0.25) is 0 Å². The largest absolute Gasteiger partial charge is 0.463 e. The van der Waals surface area contributed by atoms with E-state index in [0.29, 0.717) is 15.3 Å². The van der Waals surface area contributed by atoms with Crippen LogP contribution in [-0.4, -0.2) is 39.2 Å². The number of aromatic nitrogens is 3. The second kappa shape index (κ2) is 9.06.